The second-order valence-electron chi connectivity index (χ2n) is 12.2. The van der Waals surface area contributed by atoms with E-state index in [0.717, 1.165) is 61.1 Å². The number of halogens is 1. The molecule has 2 amide bonds. The molecule has 2 N–H and O–H groups in total. The fourth-order valence-electron chi connectivity index (χ4n) is 8.80. The van der Waals surface area contributed by atoms with Crippen LogP contribution >= 0.6 is 0 Å². The van der Waals surface area contributed by atoms with Crippen molar-refractivity contribution in [2.45, 2.75) is 65.0 Å². The first-order chi connectivity index (χ1) is 17.7. The van der Waals surface area contributed by atoms with Crippen molar-refractivity contribution in [3.63, 3.8) is 0 Å². The number of aromatic nitrogens is 2. The quantitative estimate of drug-likeness (QED) is 0.625. The molecule has 4 aliphatic rings. The number of methoxy groups -OCH3 is 1. The summed E-state index contributed by atoms with van der Waals surface area (Å²) in [4.78, 5) is 35.3. The number of carbonyl (C=O) groups is 2. The van der Waals surface area contributed by atoms with Crippen molar-refractivity contribution in [3.8, 4) is 5.75 Å². The maximum absolute atomic E-state index is 14.6. The summed E-state index contributed by atoms with van der Waals surface area (Å²) < 4.78 is 19.9. The maximum atomic E-state index is 14.6. The van der Waals surface area contributed by atoms with Gasteiger partial charge in [-0.2, -0.15) is 0 Å². The summed E-state index contributed by atoms with van der Waals surface area (Å²) in [6, 6.07) is 5.76. The van der Waals surface area contributed by atoms with Crippen LogP contribution in [0.5, 0.6) is 5.75 Å². The van der Waals surface area contributed by atoms with Gasteiger partial charge in [0.2, 0.25) is 5.91 Å². The molecule has 3 saturated carbocycles. The second-order valence-corrected chi connectivity index (χ2v) is 12.2. The molecule has 1 aromatic heterocycles. The molecule has 0 radical (unpaired) electrons. The molecule has 0 saturated heterocycles. The first-order valence-electron chi connectivity index (χ1n) is 13.6. The molecular formula is C29H37FN4O3. The van der Waals surface area contributed by atoms with Crippen molar-refractivity contribution in [3.05, 3.63) is 35.9 Å². The Bertz CT molecular complexity index is 1290. The van der Waals surface area contributed by atoms with E-state index < -0.39 is 11.7 Å². The lowest BCUT2D eigenvalue weighted by Gasteiger charge is -2.60. The molecular weight excluding hydrogens is 471 g/mol. The van der Waals surface area contributed by atoms with Crippen LogP contribution in [-0.4, -0.2) is 46.9 Å². The number of H-pyrrole nitrogens is 1. The minimum atomic E-state index is -0.608. The summed E-state index contributed by atoms with van der Waals surface area (Å²) in [5.74, 6) is 1.70. The van der Waals surface area contributed by atoms with Gasteiger partial charge in [0.15, 0.2) is 5.83 Å². The van der Waals surface area contributed by atoms with Crippen LogP contribution in [-0.2, 0) is 16.1 Å². The third kappa shape index (κ3) is 3.62. The lowest BCUT2D eigenvalue weighted by molar-refractivity contribution is -0.145. The fourth-order valence-corrected chi connectivity index (χ4v) is 8.80. The zero-order valence-electron chi connectivity index (χ0n) is 22.1. The monoisotopic (exact) mass is 508 g/mol. The Morgan fingerprint density at radius 2 is 2.03 bits per heavy atom. The highest BCUT2D eigenvalue weighted by molar-refractivity contribution is 5.92. The van der Waals surface area contributed by atoms with Gasteiger partial charge in [-0.15, -0.1) is 0 Å². The highest BCUT2D eigenvalue weighted by Crippen LogP contribution is 2.65. The summed E-state index contributed by atoms with van der Waals surface area (Å²) in [6.45, 7) is 4.82. The van der Waals surface area contributed by atoms with Gasteiger partial charge in [-0.25, -0.2) is 9.37 Å². The number of imidazole rings is 1. The smallest absolute Gasteiger partial charge is 0.282 e. The second kappa shape index (κ2) is 8.57. The minimum Gasteiger partial charge on any atom is -0.497 e. The average Bonchev–Trinajstić information content (AvgIpc) is 3.45. The Kier molecular flexibility index (Phi) is 5.66. The summed E-state index contributed by atoms with van der Waals surface area (Å²) in [6.07, 6.45) is 7.40. The Balaban J connectivity index is 1.17. The van der Waals surface area contributed by atoms with E-state index >= 15 is 0 Å². The summed E-state index contributed by atoms with van der Waals surface area (Å²) in [5, 5.41) is 3.16. The van der Waals surface area contributed by atoms with Crippen LogP contribution in [0.2, 0.25) is 0 Å². The zero-order valence-corrected chi connectivity index (χ0v) is 22.1. The molecule has 198 valence electrons. The van der Waals surface area contributed by atoms with Crippen molar-refractivity contribution in [1.29, 1.82) is 0 Å². The van der Waals surface area contributed by atoms with E-state index in [0.29, 0.717) is 24.3 Å². The average molecular weight is 509 g/mol. The standard InChI is InChI=1S/C29H37FN4O3/c1-28-12-11-19-17(6-10-24-29(19,2)14-21(30)27(36)34(24)3)18(28)7-8-20(28)26(35)31-15-25-32-22-9-5-16(37-4)13-23(22)33-25/h5,9,13-14,17-20,24H,6-8,10-12,15H2,1-4H3,(H,31,35)(H,32,33)/t17-,18-,19+,20?,24?,28-,29+/m0/s1. The molecule has 3 fully saturated rings. The number of likely N-dealkylation sites (N-methyl/N-ethyl adjacent to an activating group) is 1. The number of fused-ring (bicyclic) bond motifs is 6. The van der Waals surface area contributed by atoms with E-state index in [4.69, 9.17) is 4.74 Å². The van der Waals surface area contributed by atoms with Crippen LogP contribution < -0.4 is 10.1 Å². The Morgan fingerprint density at radius 1 is 1.22 bits per heavy atom. The first kappa shape index (κ1) is 24.4. The van der Waals surface area contributed by atoms with Crippen LogP contribution in [0.25, 0.3) is 11.0 Å². The van der Waals surface area contributed by atoms with E-state index in [-0.39, 0.29) is 28.7 Å². The minimum absolute atomic E-state index is 0.0312. The highest BCUT2D eigenvalue weighted by Gasteiger charge is 2.62. The third-order valence-electron chi connectivity index (χ3n) is 10.6. The Labute approximate surface area is 217 Å². The molecule has 1 aliphatic heterocycles. The van der Waals surface area contributed by atoms with Gasteiger partial charge in [0.1, 0.15) is 11.6 Å². The van der Waals surface area contributed by atoms with Crippen molar-refractivity contribution in [2.24, 2.45) is 34.5 Å². The normalized spacial score (nSPS) is 37.0. The number of nitrogens with one attached hydrogen (secondary N) is 2. The largest absolute Gasteiger partial charge is 0.497 e. The molecule has 37 heavy (non-hydrogen) atoms. The zero-order chi connectivity index (χ0) is 26.1. The predicted octanol–water partition coefficient (Wildman–Crippen LogP) is 4.74. The first-order valence-corrected chi connectivity index (χ1v) is 13.6. The number of nitrogens with zero attached hydrogens (tertiary/aromatic N) is 2. The molecule has 1 aromatic carbocycles. The van der Waals surface area contributed by atoms with Crippen LogP contribution in [0.1, 0.15) is 58.2 Å². The number of aromatic amines is 1. The van der Waals surface area contributed by atoms with Gasteiger partial charge < -0.3 is 19.9 Å². The number of hydrogen-bond acceptors (Lipinski definition) is 4. The van der Waals surface area contributed by atoms with Gasteiger partial charge >= 0.3 is 0 Å². The number of benzene rings is 1. The van der Waals surface area contributed by atoms with E-state index in [1.165, 1.54) is 0 Å². The van der Waals surface area contributed by atoms with E-state index in [1.54, 1.807) is 25.1 Å². The molecule has 3 aliphatic carbocycles. The molecule has 6 rings (SSSR count). The molecule has 8 heteroatoms. The summed E-state index contributed by atoms with van der Waals surface area (Å²) in [7, 11) is 3.38. The Morgan fingerprint density at radius 3 is 2.81 bits per heavy atom. The predicted molar refractivity (Wildman–Crippen MR) is 138 cm³/mol. The van der Waals surface area contributed by atoms with Gasteiger partial charge in [-0.1, -0.05) is 13.8 Å². The van der Waals surface area contributed by atoms with Gasteiger partial charge in [0.25, 0.3) is 5.91 Å². The van der Waals surface area contributed by atoms with Crippen LogP contribution in [0, 0.1) is 34.5 Å². The lowest BCUT2D eigenvalue weighted by atomic mass is 9.47. The van der Waals surface area contributed by atoms with E-state index in [9.17, 15) is 14.0 Å². The number of hydrogen-bond donors (Lipinski definition) is 2. The van der Waals surface area contributed by atoms with Crippen molar-refractivity contribution >= 4 is 22.8 Å². The van der Waals surface area contributed by atoms with Gasteiger partial charge in [0, 0.05) is 30.5 Å². The number of amides is 2. The summed E-state index contributed by atoms with van der Waals surface area (Å²) in [5.41, 5.74) is 1.33. The summed E-state index contributed by atoms with van der Waals surface area (Å²) >= 11 is 0. The third-order valence-corrected chi connectivity index (χ3v) is 10.6. The van der Waals surface area contributed by atoms with E-state index in [2.05, 4.69) is 29.1 Å². The van der Waals surface area contributed by atoms with E-state index in [1.807, 2.05) is 18.2 Å². The molecule has 7 nitrogen and oxygen atoms in total. The van der Waals surface area contributed by atoms with Crippen molar-refractivity contribution in [2.75, 3.05) is 14.2 Å². The van der Waals surface area contributed by atoms with Crippen LogP contribution in [0.3, 0.4) is 0 Å². The number of carbonyl (C=O) groups excluding carboxylic acids is 2. The SMILES string of the molecule is COc1ccc2[nH]c(CNC(=O)C3CC[C@H]4[C@@H]5CCC6N(C)C(=O)C(F)=C[C@]6(C)[C@@H]5CC[C@]34C)nc2c1. The lowest BCUT2D eigenvalue weighted by Crippen LogP contribution is -2.60. The molecule has 7 atom stereocenters. The fraction of sp³-hybridized carbons (Fsp3) is 0.621. The molecule has 0 bridgehead atoms. The maximum Gasteiger partial charge on any atom is 0.282 e. The van der Waals surface area contributed by atoms with Crippen LogP contribution in [0.4, 0.5) is 4.39 Å². The number of rotatable bonds is 4. The molecule has 2 unspecified atom stereocenters. The molecule has 0 spiro atoms. The van der Waals surface area contributed by atoms with Gasteiger partial charge in [-0.05, 0) is 79.9 Å². The van der Waals surface area contributed by atoms with Gasteiger partial charge in [0.05, 0.1) is 24.7 Å². The molecule has 2 heterocycles. The highest BCUT2D eigenvalue weighted by atomic mass is 19.1. The van der Waals surface area contributed by atoms with Crippen molar-refractivity contribution in [1.82, 2.24) is 20.2 Å². The molecule has 2 aromatic rings. The van der Waals surface area contributed by atoms with Gasteiger partial charge in [-0.3, -0.25) is 9.59 Å². The van der Waals surface area contributed by atoms with Crippen molar-refractivity contribution < 1.29 is 18.7 Å². The van der Waals surface area contributed by atoms with Crippen LogP contribution in [0.15, 0.2) is 30.1 Å². The topological polar surface area (TPSA) is 87.3 Å². The Hall–Kier alpha value is -2.90. The number of ether oxygens (including phenoxy) is 1.